The fraction of sp³-hybridized carbons (Fsp3) is 0.222. The van der Waals surface area contributed by atoms with Crippen LogP contribution in [0.2, 0.25) is 0 Å². The largest absolute Gasteiger partial charge is 0.416 e. The van der Waals surface area contributed by atoms with Gasteiger partial charge in [-0.2, -0.15) is 13.2 Å². The summed E-state index contributed by atoms with van der Waals surface area (Å²) in [5, 5.41) is 5.44. The molecule has 0 aliphatic carbocycles. The Bertz CT molecular complexity index is 1400. The van der Waals surface area contributed by atoms with E-state index in [1.54, 1.807) is 10.6 Å². The molecule has 2 N–H and O–H groups in total. The highest BCUT2D eigenvalue weighted by Crippen LogP contribution is 2.30. The van der Waals surface area contributed by atoms with Gasteiger partial charge in [0, 0.05) is 24.2 Å². The summed E-state index contributed by atoms with van der Waals surface area (Å²) in [4.78, 5) is 29.7. The first-order valence-electron chi connectivity index (χ1n) is 11.5. The molecular formula is C27H25F3N4O2. The molecule has 1 aromatic heterocycles. The van der Waals surface area contributed by atoms with Crippen molar-refractivity contribution in [2.75, 3.05) is 11.9 Å². The number of hydrogen-bond donors (Lipinski definition) is 2. The molecule has 0 radical (unpaired) electrons. The topological polar surface area (TPSA) is 76.0 Å². The van der Waals surface area contributed by atoms with Crippen LogP contribution in [0.25, 0.3) is 11.0 Å². The molecule has 0 aliphatic rings. The lowest BCUT2D eigenvalue weighted by Crippen LogP contribution is -2.25. The van der Waals surface area contributed by atoms with Gasteiger partial charge in [0.05, 0.1) is 16.6 Å². The molecule has 4 rings (SSSR count). The number of nitrogens with one attached hydrogen (secondary N) is 2. The summed E-state index contributed by atoms with van der Waals surface area (Å²) >= 11 is 0. The Morgan fingerprint density at radius 3 is 2.53 bits per heavy atom. The molecular weight excluding hydrogens is 469 g/mol. The molecule has 6 nitrogen and oxygen atoms in total. The number of aromatic nitrogens is 2. The Morgan fingerprint density at radius 2 is 1.75 bits per heavy atom. The van der Waals surface area contributed by atoms with Crippen molar-refractivity contribution in [3.8, 4) is 0 Å². The lowest BCUT2D eigenvalue weighted by Gasteiger charge is -2.12. The van der Waals surface area contributed by atoms with E-state index in [1.165, 1.54) is 12.1 Å². The average Bonchev–Trinajstić information content (AvgIpc) is 3.18. The average molecular weight is 495 g/mol. The van der Waals surface area contributed by atoms with Crippen LogP contribution >= 0.6 is 0 Å². The lowest BCUT2D eigenvalue weighted by molar-refractivity contribution is -0.137. The van der Waals surface area contributed by atoms with E-state index in [0.717, 1.165) is 23.2 Å². The number of nitrogens with zero attached hydrogens (tertiary/aromatic N) is 2. The number of carbonyl (C=O) groups is 2. The van der Waals surface area contributed by atoms with E-state index in [-0.39, 0.29) is 18.1 Å². The molecule has 0 saturated heterocycles. The first kappa shape index (κ1) is 25.0. The lowest BCUT2D eigenvalue weighted by atomic mass is 10.1. The Hall–Kier alpha value is -4.14. The monoisotopic (exact) mass is 494 g/mol. The maximum Gasteiger partial charge on any atom is 0.416 e. The van der Waals surface area contributed by atoms with Crippen LogP contribution < -0.4 is 10.6 Å². The second-order valence-electron chi connectivity index (χ2n) is 8.46. The number of fused-ring (bicyclic) bond motifs is 1. The molecule has 9 heteroatoms. The Kier molecular flexibility index (Phi) is 7.38. The Balaban J connectivity index is 1.42. The fourth-order valence-corrected chi connectivity index (χ4v) is 3.95. The summed E-state index contributed by atoms with van der Waals surface area (Å²) in [5.41, 5.74) is 2.29. The van der Waals surface area contributed by atoms with Gasteiger partial charge in [-0.05, 0) is 55.8 Å². The highest BCUT2D eigenvalue weighted by Gasteiger charge is 2.30. The SMILES string of the molecule is Cc1cccc(C(=O)NCCCc2nc3ccccc3n2CC(=O)Nc2cccc(C(F)(F)F)c2)c1. The van der Waals surface area contributed by atoms with Gasteiger partial charge in [-0.25, -0.2) is 4.98 Å². The van der Waals surface area contributed by atoms with E-state index in [4.69, 9.17) is 0 Å². The minimum atomic E-state index is -4.50. The van der Waals surface area contributed by atoms with Crippen molar-refractivity contribution in [1.29, 1.82) is 0 Å². The number of alkyl halides is 3. The number of halogens is 3. The summed E-state index contributed by atoms with van der Waals surface area (Å²) in [7, 11) is 0. The van der Waals surface area contributed by atoms with Crippen molar-refractivity contribution in [3.63, 3.8) is 0 Å². The molecule has 0 atom stereocenters. The first-order chi connectivity index (χ1) is 17.2. The number of hydrogen-bond acceptors (Lipinski definition) is 3. The van der Waals surface area contributed by atoms with Crippen LogP contribution in [-0.4, -0.2) is 27.9 Å². The van der Waals surface area contributed by atoms with Crippen molar-refractivity contribution in [3.05, 3.63) is 95.3 Å². The van der Waals surface area contributed by atoms with Gasteiger partial charge in [-0.1, -0.05) is 35.9 Å². The summed E-state index contributed by atoms with van der Waals surface area (Å²) in [6.45, 7) is 2.23. The van der Waals surface area contributed by atoms with Gasteiger partial charge in [-0.3, -0.25) is 9.59 Å². The molecule has 1 heterocycles. The molecule has 2 amide bonds. The van der Waals surface area contributed by atoms with Gasteiger partial charge in [0.25, 0.3) is 5.91 Å². The summed E-state index contributed by atoms with van der Waals surface area (Å²) < 4.78 is 40.7. The number of anilines is 1. The van der Waals surface area contributed by atoms with Crippen LogP contribution in [0, 0.1) is 6.92 Å². The predicted octanol–water partition coefficient (Wildman–Crippen LogP) is 5.36. The van der Waals surface area contributed by atoms with Crippen molar-refractivity contribution in [2.24, 2.45) is 0 Å². The van der Waals surface area contributed by atoms with E-state index in [1.807, 2.05) is 49.4 Å². The predicted molar refractivity (Wildman–Crippen MR) is 132 cm³/mol. The minimum Gasteiger partial charge on any atom is -0.352 e. The molecule has 186 valence electrons. The van der Waals surface area contributed by atoms with E-state index >= 15 is 0 Å². The maximum absolute atomic E-state index is 13.0. The maximum atomic E-state index is 13.0. The standard InChI is InChI=1S/C27H25F3N4O2/c1-18-7-4-8-19(15-18)26(36)31-14-6-13-24-33-22-11-2-3-12-23(22)34(24)17-25(35)32-21-10-5-9-20(16-21)27(28,29)30/h2-5,7-12,15-16H,6,13-14,17H2,1H3,(H,31,36)(H,32,35). The highest BCUT2D eigenvalue weighted by atomic mass is 19.4. The van der Waals surface area contributed by atoms with Gasteiger partial charge in [0.1, 0.15) is 12.4 Å². The second-order valence-corrected chi connectivity index (χ2v) is 8.46. The van der Waals surface area contributed by atoms with Gasteiger partial charge in [0.2, 0.25) is 5.91 Å². The molecule has 0 unspecified atom stereocenters. The zero-order valence-electron chi connectivity index (χ0n) is 19.6. The van der Waals surface area contributed by atoms with Gasteiger partial charge in [0.15, 0.2) is 0 Å². The van der Waals surface area contributed by atoms with Crippen LogP contribution in [0.3, 0.4) is 0 Å². The number of rotatable bonds is 8. The third kappa shape index (κ3) is 6.10. The number of benzene rings is 3. The van der Waals surface area contributed by atoms with E-state index in [0.29, 0.717) is 36.3 Å². The zero-order chi connectivity index (χ0) is 25.7. The van der Waals surface area contributed by atoms with Gasteiger partial charge >= 0.3 is 6.18 Å². The normalized spacial score (nSPS) is 11.4. The zero-order valence-corrected chi connectivity index (χ0v) is 19.6. The number of imidazole rings is 1. The molecule has 0 bridgehead atoms. The van der Waals surface area contributed by atoms with Crippen molar-refractivity contribution < 1.29 is 22.8 Å². The third-order valence-electron chi connectivity index (χ3n) is 5.65. The highest BCUT2D eigenvalue weighted by molar-refractivity contribution is 5.94. The molecule has 3 aromatic carbocycles. The van der Waals surface area contributed by atoms with Crippen LogP contribution in [0.1, 0.15) is 33.7 Å². The Labute approximate surface area is 206 Å². The minimum absolute atomic E-state index is 0.0691. The van der Waals surface area contributed by atoms with Crippen LogP contribution in [-0.2, 0) is 23.9 Å². The molecule has 0 aliphatic heterocycles. The smallest absolute Gasteiger partial charge is 0.352 e. The number of aryl methyl sites for hydroxylation is 2. The van der Waals surface area contributed by atoms with Gasteiger partial charge in [-0.15, -0.1) is 0 Å². The molecule has 36 heavy (non-hydrogen) atoms. The van der Waals surface area contributed by atoms with Gasteiger partial charge < -0.3 is 15.2 Å². The molecule has 0 fully saturated rings. The Morgan fingerprint density at radius 1 is 0.972 bits per heavy atom. The van der Waals surface area contributed by atoms with Crippen molar-refractivity contribution >= 4 is 28.5 Å². The quantitative estimate of drug-likeness (QED) is 0.324. The molecule has 0 saturated carbocycles. The van der Waals surface area contributed by atoms with Crippen molar-refractivity contribution in [1.82, 2.24) is 14.9 Å². The number of carbonyl (C=O) groups excluding carboxylic acids is 2. The fourth-order valence-electron chi connectivity index (χ4n) is 3.95. The molecule has 0 spiro atoms. The van der Waals surface area contributed by atoms with Crippen LogP contribution in [0.4, 0.5) is 18.9 Å². The number of para-hydroxylation sites is 2. The first-order valence-corrected chi connectivity index (χ1v) is 11.5. The number of amides is 2. The van der Waals surface area contributed by atoms with E-state index in [9.17, 15) is 22.8 Å². The van der Waals surface area contributed by atoms with E-state index in [2.05, 4.69) is 15.6 Å². The summed E-state index contributed by atoms with van der Waals surface area (Å²) in [6.07, 6.45) is -3.40. The second kappa shape index (κ2) is 10.6. The third-order valence-corrected chi connectivity index (χ3v) is 5.65. The molecule has 4 aromatic rings. The summed E-state index contributed by atoms with van der Waals surface area (Å²) in [5.74, 6) is 0.0272. The van der Waals surface area contributed by atoms with Crippen LogP contribution in [0.15, 0.2) is 72.8 Å². The van der Waals surface area contributed by atoms with E-state index < -0.39 is 17.6 Å². The van der Waals surface area contributed by atoms with Crippen molar-refractivity contribution in [2.45, 2.75) is 32.5 Å². The summed E-state index contributed by atoms with van der Waals surface area (Å²) in [6, 6.07) is 19.2. The van der Waals surface area contributed by atoms with Crippen LogP contribution in [0.5, 0.6) is 0 Å².